The Morgan fingerprint density at radius 3 is 2.05 bits per heavy atom. The first-order valence-corrected chi connectivity index (χ1v) is 9.36. The first-order valence-electron chi connectivity index (χ1n) is 9.36. The van der Waals surface area contributed by atoms with Crippen LogP contribution < -0.4 is 5.73 Å². The molecule has 2 aliphatic rings. The summed E-state index contributed by atoms with van der Waals surface area (Å²) in [6.45, 7) is 13.0. The van der Waals surface area contributed by atoms with E-state index in [1.165, 1.54) is 64.5 Å². The van der Waals surface area contributed by atoms with Gasteiger partial charge in [-0.15, -0.1) is 0 Å². The summed E-state index contributed by atoms with van der Waals surface area (Å²) >= 11 is 0. The van der Waals surface area contributed by atoms with Crippen LogP contribution in [0.15, 0.2) is 0 Å². The Morgan fingerprint density at radius 1 is 1.05 bits per heavy atom. The van der Waals surface area contributed by atoms with Crippen molar-refractivity contribution < 1.29 is 0 Å². The molecule has 0 spiro atoms. The molecule has 1 saturated carbocycles. The molecule has 2 fully saturated rings. The lowest BCUT2D eigenvalue weighted by Gasteiger charge is -2.51. The summed E-state index contributed by atoms with van der Waals surface area (Å²) in [6.07, 6.45) is 11.0. The zero-order valence-electron chi connectivity index (χ0n) is 15.0. The van der Waals surface area contributed by atoms with Gasteiger partial charge in [0.2, 0.25) is 0 Å². The highest BCUT2D eigenvalue weighted by molar-refractivity contribution is 4.98. The Morgan fingerprint density at radius 2 is 1.62 bits per heavy atom. The molecule has 0 aromatic heterocycles. The van der Waals surface area contributed by atoms with Crippen LogP contribution in [-0.4, -0.2) is 30.1 Å². The van der Waals surface area contributed by atoms with Gasteiger partial charge in [0.25, 0.3) is 0 Å². The van der Waals surface area contributed by atoms with E-state index in [4.69, 9.17) is 5.73 Å². The van der Waals surface area contributed by atoms with Gasteiger partial charge in [-0.1, -0.05) is 40.5 Å². The third-order valence-corrected chi connectivity index (χ3v) is 6.50. The van der Waals surface area contributed by atoms with Crippen LogP contribution in [0.5, 0.6) is 0 Å². The molecule has 1 saturated heterocycles. The molecule has 2 N–H and O–H groups in total. The Labute approximate surface area is 132 Å². The molecule has 1 aliphatic carbocycles. The van der Waals surface area contributed by atoms with Crippen LogP contribution in [0.4, 0.5) is 0 Å². The van der Waals surface area contributed by atoms with Gasteiger partial charge in [-0.25, -0.2) is 0 Å². The summed E-state index contributed by atoms with van der Waals surface area (Å²) in [7, 11) is 0. The fourth-order valence-corrected chi connectivity index (χ4v) is 4.78. The van der Waals surface area contributed by atoms with Gasteiger partial charge in [-0.05, 0) is 68.9 Å². The Hall–Kier alpha value is -0.0800. The van der Waals surface area contributed by atoms with Gasteiger partial charge in [0.15, 0.2) is 0 Å². The number of nitrogens with zero attached hydrogens (tertiary/aromatic N) is 1. The lowest BCUT2D eigenvalue weighted by atomic mass is 9.71. The minimum absolute atomic E-state index is 0.340. The summed E-state index contributed by atoms with van der Waals surface area (Å²) in [4.78, 5) is 2.78. The van der Waals surface area contributed by atoms with Crippen LogP contribution >= 0.6 is 0 Å². The normalized spacial score (nSPS) is 33.3. The van der Waals surface area contributed by atoms with Crippen molar-refractivity contribution in [3.8, 4) is 0 Å². The quantitative estimate of drug-likeness (QED) is 0.831. The van der Waals surface area contributed by atoms with E-state index >= 15 is 0 Å². The molecule has 1 heterocycles. The topological polar surface area (TPSA) is 29.3 Å². The number of rotatable bonds is 4. The van der Waals surface area contributed by atoms with Crippen molar-refractivity contribution in [2.45, 2.75) is 84.6 Å². The molecule has 0 amide bonds. The second-order valence-electron chi connectivity index (χ2n) is 8.79. The van der Waals surface area contributed by atoms with Crippen molar-refractivity contribution in [2.24, 2.45) is 23.0 Å². The summed E-state index contributed by atoms with van der Waals surface area (Å²) in [5.41, 5.74) is 7.08. The second-order valence-corrected chi connectivity index (χ2v) is 8.79. The van der Waals surface area contributed by atoms with Crippen LogP contribution in [0.2, 0.25) is 0 Å². The van der Waals surface area contributed by atoms with Crippen molar-refractivity contribution in [2.75, 3.05) is 19.6 Å². The van der Waals surface area contributed by atoms with E-state index in [1.54, 1.807) is 0 Å². The van der Waals surface area contributed by atoms with E-state index in [0.29, 0.717) is 11.0 Å². The summed E-state index contributed by atoms with van der Waals surface area (Å²) in [5, 5.41) is 0. The fourth-order valence-electron chi connectivity index (χ4n) is 4.78. The SMILES string of the molecule is CCCC1CCC(CN)(N2CCC(C(C)(C)C)CC2)CC1. The van der Waals surface area contributed by atoms with Crippen LogP contribution in [0, 0.1) is 17.3 Å². The minimum Gasteiger partial charge on any atom is -0.329 e. The van der Waals surface area contributed by atoms with Crippen molar-refractivity contribution >= 4 is 0 Å². The highest BCUT2D eigenvalue weighted by Crippen LogP contribution is 2.41. The van der Waals surface area contributed by atoms with Gasteiger partial charge in [0.1, 0.15) is 0 Å². The summed E-state index contributed by atoms with van der Waals surface area (Å²) < 4.78 is 0. The highest BCUT2D eigenvalue weighted by Gasteiger charge is 2.41. The average Bonchev–Trinajstić information content (AvgIpc) is 2.48. The predicted octanol–water partition coefficient (Wildman–Crippen LogP) is 4.43. The van der Waals surface area contributed by atoms with Gasteiger partial charge >= 0.3 is 0 Å². The minimum atomic E-state index is 0.340. The molecule has 0 radical (unpaired) electrons. The fraction of sp³-hybridized carbons (Fsp3) is 1.00. The number of hydrogen-bond acceptors (Lipinski definition) is 2. The lowest BCUT2D eigenvalue weighted by molar-refractivity contribution is -0.00131. The lowest BCUT2D eigenvalue weighted by Crippen LogP contribution is -2.58. The van der Waals surface area contributed by atoms with Crippen LogP contribution in [0.3, 0.4) is 0 Å². The molecule has 0 atom stereocenters. The third kappa shape index (κ3) is 4.01. The van der Waals surface area contributed by atoms with Crippen LogP contribution in [0.1, 0.15) is 79.1 Å². The average molecular weight is 295 g/mol. The van der Waals surface area contributed by atoms with Gasteiger partial charge in [-0.3, -0.25) is 4.90 Å². The number of nitrogens with two attached hydrogens (primary N) is 1. The third-order valence-electron chi connectivity index (χ3n) is 6.50. The zero-order chi connectivity index (χ0) is 15.5. The monoisotopic (exact) mass is 294 g/mol. The molecule has 0 aromatic rings. The molecule has 21 heavy (non-hydrogen) atoms. The maximum atomic E-state index is 6.27. The Balaban J connectivity index is 1.91. The van der Waals surface area contributed by atoms with E-state index < -0.39 is 0 Å². The molecular formula is C19H38N2. The molecule has 124 valence electrons. The number of hydrogen-bond donors (Lipinski definition) is 1. The van der Waals surface area contributed by atoms with Crippen molar-refractivity contribution in [1.82, 2.24) is 4.90 Å². The van der Waals surface area contributed by atoms with E-state index in [0.717, 1.165) is 18.4 Å². The van der Waals surface area contributed by atoms with E-state index in [9.17, 15) is 0 Å². The first kappa shape index (κ1) is 17.3. The standard InChI is InChI=1S/C19H38N2/c1-5-6-16-7-11-19(15-20,12-8-16)21-13-9-17(10-14-21)18(2,3)4/h16-17H,5-15,20H2,1-4H3. The molecule has 0 unspecified atom stereocenters. The summed E-state index contributed by atoms with van der Waals surface area (Å²) in [5.74, 6) is 1.86. The Bertz CT molecular complexity index is 302. The van der Waals surface area contributed by atoms with Gasteiger partial charge in [0.05, 0.1) is 0 Å². The smallest absolute Gasteiger partial charge is 0.0331 e. The zero-order valence-corrected chi connectivity index (χ0v) is 15.0. The van der Waals surface area contributed by atoms with Crippen molar-refractivity contribution in [1.29, 1.82) is 0 Å². The Kier molecular flexibility index (Phi) is 5.76. The van der Waals surface area contributed by atoms with Gasteiger partial charge in [-0.2, -0.15) is 0 Å². The second kappa shape index (κ2) is 7.00. The van der Waals surface area contributed by atoms with E-state index in [-0.39, 0.29) is 0 Å². The number of piperidine rings is 1. The molecule has 2 nitrogen and oxygen atoms in total. The first-order chi connectivity index (χ1) is 9.91. The van der Waals surface area contributed by atoms with E-state index in [2.05, 4.69) is 32.6 Å². The van der Waals surface area contributed by atoms with Crippen LogP contribution in [-0.2, 0) is 0 Å². The molecule has 2 heteroatoms. The number of likely N-dealkylation sites (tertiary alicyclic amines) is 1. The van der Waals surface area contributed by atoms with Crippen molar-refractivity contribution in [3.63, 3.8) is 0 Å². The molecule has 0 aromatic carbocycles. The molecule has 0 bridgehead atoms. The maximum Gasteiger partial charge on any atom is 0.0331 e. The molecule has 2 rings (SSSR count). The molecule has 1 aliphatic heterocycles. The maximum absolute atomic E-state index is 6.27. The van der Waals surface area contributed by atoms with E-state index in [1.807, 2.05) is 0 Å². The van der Waals surface area contributed by atoms with Gasteiger partial charge in [0, 0.05) is 12.1 Å². The van der Waals surface area contributed by atoms with Crippen LogP contribution in [0.25, 0.3) is 0 Å². The van der Waals surface area contributed by atoms with Gasteiger partial charge < -0.3 is 5.73 Å². The molecular weight excluding hydrogens is 256 g/mol. The predicted molar refractivity (Wildman–Crippen MR) is 92.4 cm³/mol. The highest BCUT2D eigenvalue weighted by atomic mass is 15.2. The summed E-state index contributed by atoms with van der Waals surface area (Å²) in [6, 6.07) is 0. The largest absolute Gasteiger partial charge is 0.329 e. The van der Waals surface area contributed by atoms with Crippen molar-refractivity contribution in [3.05, 3.63) is 0 Å².